The average molecular weight is 594 g/mol. The molecule has 3 fully saturated rings. The van der Waals surface area contributed by atoms with E-state index in [-0.39, 0.29) is 37.4 Å². The van der Waals surface area contributed by atoms with Crippen LogP contribution in [0.2, 0.25) is 0 Å². The number of aliphatic hydroxyl groups excluding tert-OH is 1. The summed E-state index contributed by atoms with van der Waals surface area (Å²) in [4.78, 5) is 48.2. The van der Waals surface area contributed by atoms with Crippen molar-refractivity contribution in [1.82, 2.24) is 9.80 Å². The zero-order valence-electron chi connectivity index (χ0n) is 24.9. The van der Waals surface area contributed by atoms with Crippen LogP contribution >= 0.6 is 0 Å². The minimum Gasteiger partial charge on any atom is -0.396 e. The molecule has 1 N–H and O–H groups in total. The van der Waals surface area contributed by atoms with Gasteiger partial charge in [0.25, 0.3) is 5.91 Å². The first-order valence-electron chi connectivity index (χ1n) is 15.4. The summed E-state index contributed by atoms with van der Waals surface area (Å²) in [6, 6.07) is 22.6. The van der Waals surface area contributed by atoms with Crippen LogP contribution in [0.3, 0.4) is 0 Å². The van der Waals surface area contributed by atoms with Gasteiger partial charge in [0.15, 0.2) is 0 Å². The molecular formula is C36H39N3O5. The lowest BCUT2D eigenvalue weighted by atomic mass is 9.70. The predicted octanol–water partition coefficient (Wildman–Crippen LogP) is 4.33. The number of aliphatic hydroxyl groups is 1. The highest BCUT2D eigenvalue weighted by Gasteiger charge is 2.74. The fourth-order valence-corrected chi connectivity index (χ4v) is 7.54. The smallest absolute Gasteiger partial charge is 0.253 e. The van der Waals surface area contributed by atoms with Gasteiger partial charge in [-0.05, 0) is 47.7 Å². The first kappa shape index (κ1) is 29.8. The van der Waals surface area contributed by atoms with Crippen molar-refractivity contribution in [2.75, 3.05) is 31.1 Å². The lowest BCUT2D eigenvalue weighted by Gasteiger charge is -2.37. The highest BCUT2D eigenvalue weighted by Crippen LogP contribution is 2.59. The van der Waals surface area contributed by atoms with Crippen LogP contribution in [0.25, 0.3) is 10.8 Å². The predicted molar refractivity (Wildman–Crippen MR) is 170 cm³/mol. The maximum absolute atomic E-state index is 14.7. The molecule has 5 atom stereocenters. The van der Waals surface area contributed by atoms with Crippen molar-refractivity contribution >= 4 is 34.2 Å². The standard InChI is InChI=1S/C36H39N3O5/c1-3-19-37(24-25-11-6-5-7-12-25)33(41)30-29-17-18-36(44-29)31(30)34(42)39(21-10-22-40)32(36)35(43)38(20-4-2)28-16-15-26-13-8-9-14-27(26)23-28/h3-9,11-16,23,29-32,40H,1-2,10,17-22,24H2/t29-,30+,31+,32?,36?/m1/s1. The van der Waals surface area contributed by atoms with Crippen molar-refractivity contribution in [2.45, 2.75) is 43.6 Å². The number of hydrogen-bond donors (Lipinski definition) is 1. The van der Waals surface area contributed by atoms with E-state index in [4.69, 9.17) is 4.74 Å². The fourth-order valence-electron chi connectivity index (χ4n) is 7.54. The van der Waals surface area contributed by atoms with Crippen LogP contribution < -0.4 is 4.90 Å². The van der Waals surface area contributed by atoms with Crippen LogP contribution in [0.15, 0.2) is 98.1 Å². The van der Waals surface area contributed by atoms with E-state index in [9.17, 15) is 19.5 Å². The van der Waals surface area contributed by atoms with Crippen molar-refractivity contribution < 1.29 is 24.2 Å². The molecule has 0 saturated carbocycles. The van der Waals surface area contributed by atoms with Gasteiger partial charge in [-0.25, -0.2) is 0 Å². The number of fused-ring (bicyclic) bond motifs is 2. The molecule has 3 amide bonds. The molecule has 0 aliphatic carbocycles. The first-order chi connectivity index (χ1) is 21.4. The molecule has 2 bridgehead atoms. The molecule has 6 rings (SSSR count). The van der Waals surface area contributed by atoms with Gasteiger partial charge >= 0.3 is 0 Å². The Balaban J connectivity index is 1.37. The van der Waals surface area contributed by atoms with E-state index in [0.29, 0.717) is 38.0 Å². The molecule has 44 heavy (non-hydrogen) atoms. The summed E-state index contributed by atoms with van der Waals surface area (Å²) in [6.07, 6.45) is 4.31. The van der Waals surface area contributed by atoms with E-state index >= 15 is 0 Å². The minimum absolute atomic E-state index is 0.126. The number of nitrogens with zero attached hydrogens (tertiary/aromatic N) is 3. The molecule has 3 aromatic carbocycles. The maximum Gasteiger partial charge on any atom is 0.253 e. The molecule has 3 aromatic rings. The van der Waals surface area contributed by atoms with Crippen molar-refractivity contribution in [2.24, 2.45) is 11.8 Å². The van der Waals surface area contributed by atoms with Crippen LogP contribution in [0.4, 0.5) is 5.69 Å². The summed E-state index contributed by atoms with van der Waals surface area (Å²) in [5, 5.41) is 11.8. The number of carbonyl (C=O) groups excluding carboxylic acids is 3. The molecule has 3 aliphatic rings. The monoisotopic (exact) mass is 593 g/mol. The largest absolute Gasteiger partial charge is 0.396 e. The molecule has 8 heteroatoms. The summed E-state index contributed by atoms with van der Waals surface area (Å²) in [6.45, 7) is 8.79. The van der Waals surface area contributed by atoms with E-state index in [1.54, 1.807) is 26.9 Å². The number of anilines is 1. The molecule has 1 spiro atoms. The molecule has 0 aromatic heterocycles. The summed E-state index contributed by atoms with van der Waals surface area (Å²) < 4.78 is 6.67. The van der Waals surface area contributed by atoms with E-state index in [0.717, 1.165) is 16.3 Å². The van der Waals surface area contributed by atoms with Gasteiger partial charge in [-0.2, -0.15) is 0 Å². The third-order valence-corrected chi connectivity index (χ3v) is 9.38. The third-order valence-electron chi connectivity index (χ3n) is 9.38. The van der Waals surface area contributed by atoms with E-state index in [1.165, 1.54) is 0 Å². The molecule has 3 aliphatic heterocycles. The second kappa shape index (κ2) is 12.4. The van der Waals surface area contributed by atoms with Crippen LogP contribution in [-0.4, -0.2) is 76.6 Å². The lowest BCUT2D eigenvalue weighted by molar-refractivity contribution is -0.145. The molecule has 0 radical (unpaired) electrons. The highest BCUT2D eigenvalue weighted by molar-refractivity contribution is 6.05. The van der Waals surface area contributed by atoms with Crippen molar-refractivity contribution in [3.63, 3.8) is 0 Å². The number of amides is 3. The molecule has 3 heterocycles. The van der Waals surface area contributed by atoms with Gasteiger partial charge < -0.3 is 24.5 Å². The topological polar surface area (TPSA) is 90.4 Å². The van der Waals surface area contributed by atoms with Gasteiger partial charge in [-0.1, -0.05) is 72.8 Å². The van der Waals surface area contributed by atoms with Gasteiger partial charge in [0.05, 0.1) is 17.9 Å². The molecule has 2 unspecified atom stereocenters. The molecule has 3 saturated heterocycles. The van der Waals surface area contributed by atoms with Crippen molar-refractivity contribution in [3.05, 3.63) is 104 Å². The Morgan fingerprint density at radius 2 is 1.70 bits per heavy atom. The second-order valence-corrected chi connectivity index (χ2v) is 11.9. The fraction of sp³-hybridized carbons (Fsp3) is 0.361. The Morgan fingerprint density at radius 1 is 0.977 bits per heavy atom. The molecular weight excluding hydrogens is 554 g/mol. The summed E-state index contributed by atoms with van der Waals surface area (Å²) in [5.74, 6) is -2.18. The number of benzene rings is 3. The zero-order valence-corrected chi connectivity index (χ0v) is 24.9. The number of likely N-dealkylation sites (tertiary alicyclic amines) is 1. The number of rotatable bonds is 12. The summed E-state index contributed by atoms with van der Waals surface area (Å²) >= 11 is 0. The molecule has 8 nitrogen and oxygen atoms in total. The van der Waals surface area contributed by atoms with Crippen LogP contribution in [-0.2, 0) is 25.7 Å². The number of carbonyl (C=O) groups is 3. The quantitative estimate of drug-likeness (QED) is 0.316. The van der Waals surface area contributed by atoms with E-state index in [1.807, 2.05) is 72.8 Å². The maximum atomic E-state index is 14.7. The normalized spacial score (nSPS) is 25.2. The highest BCUT2D eigenvalue weighted by atomic mass is 16.5. The molecule has 228 valence electrons. The van der Waals surface area contributed by atoms with Crippen LogP contribution in [0.5, 0.6) is 0 Å². The Bertz CT molecular complexity index is 1570. The van der Waals surface area contributed by atoms with E-state index < -0.39 is 29.6 Å². The summed E-state index contributed by atoms with van der Waals surface area (Å²) in [7, 11) is 0. The van der Waals surface area contributed by atoms with Gasteiger partial charge in [0.2, 0.25) is 11.8 Å². The zero-order chi connectivity index (χ0) is 30.8. The average Bonchev–Trinajstić information content (AvgIpc) is 3.69. The van der Waals surface area contributed by atoms with Gasteiger partial charge in [0.1, 0.15) is 11.6 Å². The lowest BCUT2D eigenvalue weighted by Crippen LogP contribution is -2.56. The number of ether oxygens (including phenoxy) is 1. The van der Waals surface area contributed by atoms with Gasteiger partial charge in [-0.15, -0.1) is 13.2 Å². The van der Waals surface area contributed by atoms with Crippen LogP contribution in [0.1, 0.15) is 24.8 Å². The Labute approximate surface area is 258 Å². The Morgan fingerprint density at radius 3 is 2.43 bits per heavy atom. The van der Waals surface area contributed by atoms with E-state index in [2.05, 4.69) is 13.2 Å². The van der Waals surface area contributed by atoms with Crippen molar-refractivity contribution in [3.8, 4) is 0 Å². The minimum atomic E-state index is -1.13. The van der Waals surface area contributed by atoms with Crippen molar-refractivity contribution in [1.29, 1.82) is 0 Å². The number of hydrogen-bond acceptors (Lipinski definition) is 5. The summed E-state index contributed by atoms with van der Waals surface area (Å²) in [5.41, 5.74) is 0.549. The van der Waals surface area contributed by atoms with Gasteiger partial charge in [0, 0.05) is 38.5 Å². The first-order valence-corrected chi connectivity index (χ1v) is 15.4. The second-order valence-electron chi connectivity index (χ2n) is 11.9. The Hall–Kier alpha value is -4.27. The SMILES string of the molecule is C=CCN(Cc1ccccc1)C(=O)[C@@H]1[C@H]2C(=O)N(CCCO)C(C(=O)N(CC=C)c3ccc4ccccc4c3)C23CC[C@H]1O3. The third kappa shape index (κ3) is 5.02. The van der Waals surface area contributed by atoms with Crippen LogP contribution in [0, 0.1) is 11.8 Å². The Kier molecular flexibility index (Phi) is 8.38. The van der Waals surface area contributed by atoms with Gasteiger partial charge in [-0.3, -0.25) is 14.4 Å².